The zero-order valence-corrected chi connectivity index (χ0v) is 14.1. The molecule has 0 amide bonds. The monoisotopic (exact) mass is 354 g/mol. The van der Waals surface area contributed by atoms with Crippen LogP contribution in [0, 0.1) is 0 Å². The number of benzene rings is 1. The highest BCUT2D eigenvalue weighted by Crippen LogP contribution is 2.29. The Morgan fingerprint density at radius 3 is 2.56 bits per heavy atom. The molecular weight excluding hydrogens is 340 g/mol. The van der Waals surface area contributed by atoms with Gasteiger partial charge in [-0.25, -0.2) is 9.97 Å². The van der Waals surface area contributed by atoms with Crippen LogP contribution in [-0.4, -0.2) is 24.5 Å². The maximum atomic E-state index is 6.00. The predicted octanol–water partition coefficient (Wildman–Crippen LogP) is 3.72. The normalized spacial score (nSPS) is 11.1. The molecule has 4 aromatic heterocycles. The summed E-state index contributed by atoms with van der Waals surface area (Å²) < 4.78 is 7.44. The molecule has 0 radical (unpaired) electrons. The molecule has 0 bridgehead atoms. The van der Waals surface area contributed by atoms with Crippen molar-refractivity contribution in [1.82, 2.24) is 24.5 Å². The lowest BCUT2D eigenvalue weighted by atomic mass is 10.2. The molecule has 0 spiro atoms. The Balaban J connectivity index is 1.81. The van der Waals surface area contributed by atoms with Crippen LogP contribution < -0.4 is 5.73 Å². The van der Waals surface area contributed by atoms with Crippen molar-refractivity contribution in [2.75, 3.05) is 5.73 Å². The summed E-state index contributed by atoms with van der Waals surface area (Å²) in [6.07, 6.45) is 5.07. The topological polar surface area (TPSA) is 95.7 Å². The standard InChI is InChI=1S/C20H14N6O/c21-20-24-15(17-6-3-11-27-17)12-18(25-20)26-16-5-2-1-4-14(16)23-19(26)13-7-9-22-10-8-13/h1-12H,(H2,21,24,25). The third-order valence-electron chi connectivity index (χ3n) is 4.23. The molecule has 0 aliphatic heterocycles. The van der Waals surface area contributed by atoms with Crippen LogP contribution >= 0.6 is 0 Å². The maximum Gasteiger partial charge on any atom is 0.222 e. The van der Waals surface area contributed by atoms with Crippen molar-refractivity contribution in [3.05, 3.63) is 73.3 Å². The first-order valence-corrected chi connectivity index (χ1v) is 8.36. The minimum Gasteiger partial charge on any atom is -0.463 e. The molecule has 4 heterocycles. The van der Waals surface area contributed by atoms with Crippen molar-refractivity contribution >= 4 is 17.0 Å². The van der Waals surface area contributed by atoms with E-state index in [0.29, 0.717) is 17.3 Å². The zero-order chi connectivity index (χ0) is 18.2. The van der Waals surface area contributed by atoms with Gasteiger partial charge >= 0.3 is 0 Å². The predicted molar refractivity (Wildman–Crippen MR) is 102 cm³/mol. The molecular formula is C20H14N6O. The number of imidazole rings is 1. The SMILES string of the molecule is Nc1nc(-c2ccco2)cc(-n2c(-c3ccncc3)nc3ccccc32)n1. The smallest absolute Gasteiger partial charge is 0.222 e. The Kier molecular flexibility index (Phi) is 3.43. The molecule has 7 nitrogen and oxygen atoms in total. The van der Waals surface area contributed by atoms with Gasteiger partial charge in [0.05, 0.1) is 17.3 Å². The van der Waals surface area contributed by atoms with E-state index >= 15 is 0 Å². The van der Waals surface area contributed by atoms with E-state index in [1.54, 1.807) is 18.7 Å². The van der Waals surface area contributed by atoms with E-state index in [1.807, 2.05) is 59.2 Å². The summed E-state index contributed by atoms with van der Waals surface area (Å²) in [6, 6.07) is 17.2. The van der Waals surface area contributed by atoms with Crippen molar-refractivity contribution in [1.29, 1.82) is 0 Å². The highest BCUT2D eigenvalue weighted by atomic mass is 16.3. The lowest BCUT2D eigenvalue weighted by molar-refractivity contribution is 0.580. The van der Waals surface area contributed by atoms with Crippen LogP contribution in [0.4, 0.5) is 5.95 Å². The molecule has 130 valence electrons. The summed E-state index contributed by atoms with van der Waals surface area (Å²) in [5.74, 6) is 2.16. The number of nitrogen functional groups attached to an aromatic ring is 1. The Morgan fingerprint density at radius 2 is 1.74 bits per heavy atom. The fourth-order valence-corrected chi connectivity index (χ4v) is 3.07. The molecule has 0 atom stereocenters. The lowest BCUT2D eigenvalue weighted by Crippen LogP contribution is -2.05. The molecule has 5 aromatic rings. The number of para-hydroxylation sites is 2. The van der Waals surface area contributed by atoms with Crippen LogP contribution in [0.25, 0.3) is 39.7 Å². The first kappa shape index (κ1) is 15.3. The van der Waals surface area contributed by atoms with Gasteiger partial charge in [0.25, 0.3) is 0 Å². The quantitative estimate of drug-likeness (QED) is 0.530. The number of hydrogen-bond acceptors (Lipinski definition) is 6. The Morgan fingerprint density at radius 1 is 0.889 bits per heavy atom. The molecule has 0 aliphatic rings. The lowest BCUT2D eigenvalue weighted by Gasteiger charge is -2.10. The van der Waals surface area contributed by atoms with Gasteiger partial charge in [-0.05, 0) is 36.4 Å². The van der Waals surface area contributed by atoms with Gasteiger partial charge in [-0.3, -0.25) is 9.55 Å². The van der Waals surface area contributed by atoms with Gasteiger partial charge in [0.1, 0.15) is 17.3 Å². The summed E-state index contributed by atoms with van der Waals surface area (Å²) >= 11 is 0. The molecule has 1 aromatic carbocycles. The number of hydrogen-bond donors (Lipinski definition) is 1. The first-order valence-electron chi connectivity index (χ1n) is 8.36. The van der Waals surface area contributed by atoms with Crippen LogP contribution in [0.2, 0.25) is 0 Å². The number of pyridine rings is 1. The number of nitrogens with two attached hydrogens (primary N) is 1. The number of fused-ring (bicyclic) bond motifs is 1. The molecule has 0 unspecified atom stereocenters. The van der Waals surface area contributed by atoms with Crippen molar-refractivity contribution in [3.63, 3.8) is 0 Å². The number of nitrogens with zero attached hydrogens (tertiary/aromatic N) is 5. The van der Waals surface area contributed by atoms with Crippen LogP contribution in [0.1, 0.15) is 0 Å². The van der Waals surface area contributed by atoms with Crippen LogP contribution in [0.5, 0.6) is 0 Å². The fraction of sp³-hybridized carbons (Fsp3) is 0. The minimum absolute atomic E-state index is 0.164. The van der Waals surface area contributed by atoms with Gasteiger partial charge in [0.15, 0.2) is 5.76 Å². The van der Waals surface area contributed by atoms with E-state index in [1.165, 1.54) is 0 Å². The first-order chi connectivity index (χ1) is 13.3. The summed E-state index contributed by atoms with van der Waals surface area (Å²) in [7, 11) is 0. The van der Waals surface area contributed by atoms with Crippen molar-refractivity contribution in [3.8, 4) is 28.7 Å². The van der Waals surface area contributed by atoms with E-state index in [0.717, 1.165) is 22.4 Å². The van der Waals surface area contributed by atoms with E-state index in [4.69, 9.17) is 15.1 Å². The molecule has 27 heavy (non-hydrogen) atoms. The number of anilines is 1. The Bertz CT molecular complexity index is 1230. The largest absolute Gasteiger partial charge is 0.463 e. The average molecular weight is 354 g/mol. The van der Waals surface area contributed by atoms with Crippen molar-refractivity contribution in [2.24, 2.45) is 0 Å². The second-order valence-electron chi connectivity index (χ2n) is 5.94. The molecule has 0 fully saturated rings. The third-order valence-corrected chi connectivity index (χ3v) is 4.23. The minimum atomic E-state index is 0.164. The molecule has 0 saturated heterocycles. The Labute approximate surface area is 154 Å². The summed E-state index contributed by atoms with van der Waals surface area (Å²) in [4.78, 5) is 17.6. The molecule has 0 saturated carbocycles. The van der Waals surface area contributed by atoms with Gasteiger partial charge in [-0.1, -0.05) is 12.1 Å². The van der Waals surface area contributed by atoms with E-state index in [9.17, 15) is 0 Å². The number of aromatic nitrogens is 5. The van der Waals surface area contributed by atoms with Crippen LogP contribution in [0.3, 0.4) is 0 Å². The van der Waals surface area contributed by atoms with Gasteiger partial charge in [-0.2, -0.15) is 4.98 Å². The zero-order valence-electron chi connectivity index (χ0n) is 14.1. The highest BCUT2D eigenvalue weighted by Gasteiger charge is 2.17. The van der Waals surface area contributed by atoms with Gasteiger partial charge in [-0.15, -0.1) is 0 Å². The Hall–Kier alpha value is -4.00. The highest BCUT2D eigenvalue weighted by molar-refractivity contribution is 5.83. The van der Waals surface area contributed by atoms with E-state index < -0.39 is 0 Å². The fourth-order valence-electron chi connectivity index (χ4n) is 3.07. The second kappa shape index (κ2) is 6.06. The van der Waals surface area contributed by atoms with Crippen LogP contribution in [-0.2, 0) is 0 Å². The van der Waals surface area contributed by atoms with E-state index in [2.05, 4.69) is 15.0 Å². The van der Waals surface area contributed by atoms with Crippen LogP contribution in [0.15, 0.2) is 77.7 Å². The van der Waals surface area contributed by atoms with Crippen molar-refractivity contribution < 1.29 is 4.42 Å². The molecule has 5 rings (SSSR count). The van der Waals surface area contributed by atoms with Gasteiger partial charge in [0.2, 0.25) is 5.95 Å². The summed E-state index contributed by atoms with van der Waals surface area (Å²) in [5, 5.41) is 0. The number of furan rings is 1. The maximum absolute atomic E-state index is 6.00. The third kappa shape index (κ3) is 2.62. The summed E-state index contributed by atoms with van der Waals surface area (Å²) in [6.45, 7) is 0. The van der Waals surface area contributed by atoms with Gasteiger partial charge in [0, 0.05) is 24.0 Å². The second-order valence-corrected chi connectivity index (χ2v) is 5.94. The van der Waals surface area contributed by atoms with Crippen molar-refractivity contribution in [2.45, 2.75) is 0 Å². The number of rotatable bonds is 3. The molecule has 0 aliphatic carbocycles. The molecule has 7 heteroatoms. The van der Waals surface area contributed by atoms with Gasteiger partial charge < -0.3 is 10.2 Å². The van der Waals surface area contributed by atoms with E-state index in [-0.39, 0.29) is 5.95 Å². The molecule has 2 N–H and O–H groups in total. The average Bonchev–Trinajstić information content (AvgIpc) is 3.36. The summed E-state index contributed by atoms with van der Waals surface area (Å²) in [5.41, 5.74) is 9.32.